The number of hydrogen-bond acceptors (Lipinski definition) is 6. The Morgan fingerprint density at radius 1 is 0.944 bits per heavy atom. The van der Waals surface area contributed by atoms with E-state index in [1.54, 1.807) is 75.4 Å². The zero-order valence-corrected chi connectivity index (χ0v) is 20.6. The fraction of sp³-hybridized carbons (Fsp3) is 0.259. The molecule has 1 heterocycles. The molecule has 0 aliphatic heterocycles. The van der Waals surface area contributed by atoms with Gasteiger partial charge in [-0.25, -0.2) is 4.98 Å². The molecule has 0 fully saturated rings. The molecular weight excluding hydrogens is 460 g/mol. The first-order valence-corrected chi connectivity index (χ1v) is 11.4. The normalized spacial score (nSPS) is 11.9. The number of amides is 3. The Morgan fingerprint density at radius 2 is 1.64 bits per heavy atom. The average Bonchev–Trinajstić information content (AvgIpc) is 2.85. The number of aliphatic hydroxyl groups excluding tert-OH is 2. The van der Waals surface area contributed by atoms with Gasteiger partial charge in [0.2, 0.25) is 5.91 Å². The van der Waals surface area contributed by atoms with E-state index in [1.807, 2.05) is 0 Å². The van der Waals surface area contributed by atoms with Crippen molar-refractivity contribution >= 4 is 34.9 Å². The molecule has 0 aliphatic rings. The molecule has 0 spiro atoms. The summed E-state index contributed by atoms with van der Waals surface area (Å²) in [4.78, 5) is 41.0. The molecule has 1 atom stereocenters. The number of aromatic nitrogens is 1. The highest BCUT2D eigenvalue weighted by Crippen LogP contribution is 2.28. The number of hydrogen-bond donors (Lipinski definition) is 5. The molecule has 9 nitrogen and oxygen atoms in total. The smallest absolute Gasteiger partial charge is 0.256 e. The van der Waals surface area contributed by atoms with E-state index in [-0.39, 0.29) is 17.7 Å². The molecule has 2 aromatic carbocycles. The fourth-order valence-corrected chi connectivity index (χ4v) is 3.55. The van der Waals surface area contributed by atoms with Crippen molar-refractivity contribution in [3.05, 3.63) is 83.0 Å². The summed E-state index contributed by atoms with van der Waals surface area (Å²) < 4.78 is 0. The van der Waals surface area contributed by atoms with Crippen LogP contribution in [0.3, 0.4) is 0 Å². The third-order valence-corrected chi connectivity index (χ3v) is 5.94. The zero-order chi connectivity index (χ0) is 26.5. The average molecular weight is 491 g/mol. The van der Waals surface area contributed by atoms with Crippen molar-refractivity contribution < 1.29 is 24.6 Å². The maximum Gasteiger partial charge on any atom is 0.256 e. The van der Waals surface area contributed by atoms with E-state index in [9.17, 15) is 24.6 Å². The number of nitrogens with one attached hydrogen (secondary N) is 3. The van der Waals surface area contributed by atoms with Gasteiger partial charge in [-0.05, 0) is 54.4 Å². The van der Waals surface area contributed by atoms with Gasteiger partial charge in [-0.1, -0.05) is 32.0 Å². The van der Waals surface area contributed by atoms with Gasteiger partial charge in [0.05, 0.1) is 24.6 Å². The van der Waals surface area contributed by atoms with Crippen molar-refractivity contribution in [1.29, 1.82) is 0 Å². The van der Waals surface area contributed by atoms with E-state index in [1.165, 1.54) is 13.1 Å². The van der Waals surface area contributed by atoms with Crippen molar-refractivity contribution in [1.82, 2.24) is 4.98 Å². The molecule has 3 aromatic rings. The van der Waals surface area contributed by atoms with E-state index in [4.69, 9.17) is 0 Å². The van der Waals surface area contributed by atoms with Crippen molar-refractivity contribution in [2.24, 2.45) is 0 Å². The molecule has 1 aromatic heterocycles. The summed E-state index contributed by atoms with van der Waals surface area (Å²) in [6.45, 7) is 6.35. The monoisotopic (exact) mass is 490 g/mol. The van der Waals surface area contributed by atoms with E-state index >= 15 is 0 Å². The van der Waals surface area contributed by atoms with Crippen molar-refractivity contribution in [2.75, 3.05) is 22.6 Å². The molecule has 3 rings (SSSR count). The van der Waals surface area contributed by atoms with Crippen LogP contribution in [0.5, 0.6) is 0 Å². The van der Waals surface area contributed by atoms with Crippen LogP contribution in [-0.2, 0) is 10.2 Å². The minimum atomic E-state index is -0.981. The van der Waals surface area contributed by atoms with Gasteiger partial charge in [0, 0.05) is 29.2 Å². The van der Waals surface area contributed by atoms with Gasteiger partial charge in [-0.3, -0.25) is 14.4 Å². The highest BCUT2D eigenvalue weighted by atomic mass is 16.3. The lowest BCUT2D eigenvalue weighted by Gasteiger charge is -2.30. The number of aliphatic hydroxyl groups is 2. The van der Waals surface area contributed by atoms with Gasteiger partial charge >= 0.3 is 0 Å². The lowest BCUT2D eigenvalue weighted by molar-refractivity contribution is -0.114. The summed E-state index contributed by atoms with van der Waals surface area (Å²) >= 11 is 0. The number of benzene rings is 2. The van der Waals surface area contributed by atoms with Crippen molar-refractivity contribution in [3.8, 4) is 0 Å². The summed E-state index contributed by atoms with van der Waals surface area (Å²) in [6.07, 6.45) is 0.456. The molecular formula is C27H30N4O5. The third kappa shape index (κ3) is 6.32. The van der Waals surface area contributed by atoms with Gasteiger partial charge in [-0.15, -0.1) is 0 Å². The SMILES string of the molecule is CC(=O)Nc1ccc(NC(=O)c2cc(NC(=O)c3cccc(C(C)(C)C(O)CO)c3)ccc2C)cn1. The van der Waals surface area contributed by atoms with E-state index in [0.717, 1.165) is 5.56 Å². The van der Waals surface area contributed by atoms with Gasteiger partial charge in [0.1, 0.15) is 5.82 Å². The minimum absolute atomic E-state index is 0.244. The minimum Gasteiger partial charge on any atom is -0.394 e. The lowest BCUT2D eigenvalue weighted by Crippen LogP contribution is -2.36. The van der Waals surface area contributed by atoms with Crippen LogP contribution in [0.4, 0.5) is 17.2 Å². The Balaban J connectivity index is 1.75. The molecule has 0 radical (unpaired) electrons. The first-order chi connectivity index (χ1) is 17.0. The Bertz CT molecular complexity index is 1270. The van der Waals surface area contributed by atoms with Gasteiger partial charge < -0.3 is 26.2 Å². The molecule has 36 heavy (non-hydrogen) atoms. The summed E-state index contributed by atoms with van der Waals surface area (Å²) in [5.74, 6) is -0.620. The van der Waals surface area contributed by atoms with E-state index < -0.39 is 18.1 Å². The number of carbonyl (C=O) groups excluding carboxylic acids is 3. The second-order valence-corrected chi connectivity index (χ2v) is 9.05. The summed E-state index contributed by atoms with van der Waals surface area (Å²) in [5.41, 5.74) is 2.31. The van der Waals surface area contributed by atoms with Crippen LogP contribution in [0.2, 0.25) is 0 Å². The first kappa shape index (κ1) is 26.5. The van der Waals surface area contributed by atoms with Crippen LogP contribution in [0.25, 0.3) is 0 Å². The Labute approximate surface area is 209 Å². The third-order valence-electron chi connectivity index (χ3n) is 5.94. The number of anilines is 3. The van der Waals surface area contributed by atoms with E-state index in [0.29, 0.717) is 33.9 Å². The predicted octanol–water partition coefficient (Wildman–Crippen LogP) is 3.48. The standard InChI is InChI=1S/C27H30N4O5/c1-16-8-9-20(13-22(16)26(36)31-21-10-11-24(28-14-21)29-17(2)33)30-25(35)18-6-5-7-19(12-18)27(3,4)23(34)15-32/h5-14,23,32,34H,15H2,1-4H3,(H,30,35)(H,31,36)(H,28,29,33). The molecule has 0 bridgehead atoms. The molecule has 188 valence electrons. The molecule has 0 saturated heterocycles. The summed E-state index contributed by atoms with van der Waals surface area (Å²) in [7, 11) is 0. The molecule has 0 saturated carbocycles. The number of rotatable bonds is 8. The molecule has 3 amide bonds. The van der Waals surface area contributed by atoms with Crippen molar-refractivity contribution in [2.45, 2.75) is 39.2 Å². The lowest BCUT2D eigenvalue weighted by atomic mass is 9.79. The van der Waals surface area contributed by atoms with Crippen LogP contribution in [0, 0.1) is 6.92 Å². The van der Waals surface area contributed by atoms with Crippen LogP contribution in [-0.4, -0.2) is 45.6 Å². The van der Waals surface area contributed by atoms with Gasteiger partial charge in [0.25, 0.3) is 11.8 Å². The van der Waals surface area contributed by atoms with E-state index in [2.05, 4.69) is 20.9 Å². The van der Waals surface area contributed by atoms with Gasteiger partial charge in [0.15, 0.2) is 0 Å². The zero-order valence-electron chi connectivity index (χ0n) is 20.6. The maximum atomic E-state index is 12.9. The quantitative estimate of drug-likeness (QED) is 0.327. The molecule has 0 aliphatic carbocycles. The largest absolute Gasteiger partial charge is 0.394 e. The molecule has 9 heteroatoms. The van der Waals surface area contributed by atoms with Crippen LogP contribution in [0.1, 0.15) is 52.6 Å². The van der Waals surface area contributed by atoms with Crippen LogP contribution in [0.15, 0.2) is 60.8 Å². The number of nitrogens with zero attached hydrogens (tertiary/aromatic N) is 1. The second kappa shape index (κ2) is 11.1. The topological polar surface area (TPSA) is 141 Å². The number of aryl methyl sites for hydroxylation is 1. The predicted molar refractivity (Wildman–Crippen MR) is 138 cm³/mol. The first-order valence-electron chi connectivity index (χ1n) is 11.4. The molecule has 5 N–H and O–H groups in total. The van der Waals surface area contributed by atoms with Crippen molar-refractivity contribution in [3.63, 3.8) is 0 Å². The fourth-order valence-electron chi connectivity index (χ4n) is 3.55. The summed E-state index contributed by atoms with van der Waals surface area (Å²) in [5, 5.41) is 27.6. The van der Waals surface area contributed by atoms with Crippen LogP contribution >= 0.6 is 0 Å². The Hall–Kier alpha value is -4.08. The summed E-state index contributed by atoms with van der Waals surface area (Å²) in [6, 6.07) is 15.1. The Morgan fingerprint density at radius 3 is 2.28 bits per heavy atom. The van der Waals surface area contributed by atoms with Crippen LogP contribution < -0.4 is 16.0 Å². The second-order valence-electron chi connectivity index (χ2n) is 9.05. The highest BCUT2D eigenvalue weighted by molar-refractivity contribution is 6.08. The number of carbonyl (C=O) groups is 3. The number of pyridine rings is 1. The highest BCUT2D eigenvalue weighted by Gasteiger charge is 2.29. The maximum absolute atomic E-state index is 12.9. The Kier molecular flexibility index (Phi) is 8.18. The molecule has 1 unspecified atom stereocenters. The van der Waals surface area contributed by atoms with Gasteiger partial charge in [-0.2, -0.15) is 0 Å².